The molecule has 0 radical (unpaired) electrons. The Morgan fingerprint density at radius 2 is 1.30 bits per heavy atom. The van der Waals surface area contributed by atoms with Crippen molar-refractivity contribution in [2.24, 2.45) is 0 Å². The summed E-state index contributed by atoms with van der Waals surface area (Å²) >= 11 is 0. The quantitative estimate of drug-likeness (QED) is 0.533. The highest BCUT2D eigenvalue weighted by molar-refractivity contribution is 5.69. The molecule has 1 fully saturated rings. The largest absolute Gasteiger partial charge is 0.445 e. The van der Waals surface area contributed by atoms with Crippen LogP contribution in [0.1, 0.15) is 16.7 Å². The zero-order valence-electron chi connectivity index (χ0n) is 18.5. The average Bonchev–Trinajstić information content (AvgIpc) is 3.18. The molecule has 172 valence electrons. The van der Waals surface area contributed by atoms with Crippen LogP contribution >= 0.6 is 0 Å². The molecule has 1 aliphatic rings. The number of likely N-dealkylation sites (tertiary alicyclic amines) is 1. The second-order valence-corrected chi connectivity index (χ2v) is 8.09. The van der Waals surface area contributed by atoms with Crippen molar-refractivity contribution >= 4 is 6.09 Å². The lowest BCUT2D eigenvalue weighted by Crippen LogP contribution is -2.43. The van der Waals surface area contributed by atoms with E-state index in [0.717, 1.165) is 16.7 Å². The van der Waals surface area contributed by atoms with E-state index >= 15 is 0 Å². The van der Waals surface area contributed by atoms with E-state index in [4.69, 9.17) is 14.2 Å². The molecule has 0 saturated carbocycles. The molecule has 3 atom stereocenters. The first kappa shape index (κ1) is 23.0. The first-order valence-electron chi connectivity index (χ1n) is 11.1. The Kier molecular flexibility index (Phi) is 8.09. The van der Waals surface area contributed by atoms with E-state index in [1.165, 1.54) is 4.90 Å². The van der Waals surface area contributed by atoms with Gasteiger partial charge in [-0.05, 0) is 16.7 Å². The number of rotatable bonds is 9. The van der Waals surface area contributed by atoms with Crippen LogP contribution in [0.2, 0.25) is 0 Å². The van der Waals surface area contributed by atoms with E-state index in [9.17, 15) is 9.90 Å². The molecule has 0 spiro atoms. The second-order valence-electron chi connectivity index (χ2n) is 8.09. The summed E-state index contributed by atoms with van der Waals surface area (Å²) in [6.07, 6.45) is -1.90. The Morgan fingerprint density at radius 1 is 0.788 bits per heavy atom. The van der Waals surface area contributed by atoms with Crippen molar-refractivity contribution in [3.63, 3.8) is 0 Å². The van der Waals surface area contributed by atoms with Crippen LogP contribution in [0.25, 0.3) is 0 Å². The fraction of sp³-hybridized carbons (Fsp3) is 0.296. The SMILES string of the molecule is O=C(OCc1ccccc1)N1C[C@H](OCc2ccccc2)[C@H](O)[C@H]1COCc1ccccc1. The Labute approximate surface area is 194 Å². The molecule has 1 amide bonds. The topological polar surface area (TPSA) is 68.2 Å². The molecule has 6 nitrogen and oxygen atoms in total. The van der Waals surface area contributed by atoms with Gasteiger partial charge in [-0.1, -0.05) is 91.0 Å². The molecule has 1 N–H and O–H groups in total. The predicted molar refractivity (Wildman–Crippen MR) is 124 cm³/mol. The molecule has 1 saturated heterocycles. The average molecular weight is 448 g/mol. The lowest BCUT2D eigenvalue weighted by molar-refractivity contribution is -0.0383. The first-order chi connectivity index (χ1) is 16.2. The van der Waals surface area contributed by atoms with Crippen LogP contribution in [-0.2, 0) is 34.0 Å². The molecule has 0 aromatic heterocycles. The fourth-order valence-electron chi connectivity index (χ4n) is 3.87. The van der Waals surface area contributed by atoms with Crippen LogP contribution in [0.3, 0.4) is 0 Å². The monoisotopic (exact) mass is 447 g/mol. The van der Waals surface area contributed by atoms with E-state index in [-0.39, 0.29) is 19.8 Å². The van der Waals surface area contributed by atoms with Gasteiger partial charge in [0.25, 0.3) is 0 Å². The van der Waals surface area contributed by atoms with Crippen molar-refractivity contribution in [1.29, 1.82) is 0 Å². The van der Waals surface area contributed by atoms with E-state index in [1.807, 2.05) is 91.0 Å². The minimum atomic E-state index is -0.881. The normalized spacial score (nSPS) is 20.0. The van der Waals surface area contributed by atoms with Crippen LogP contribution in [-0.4, -0.2) is 47.5 Å². The summed E-state index contributed by atoms with van der Waals surface area (Å²) in [4.78, 5) is 14.4. The molecule has 0 unspecified atom stereocenters. The molecule has 0 bridgehead atoms. The number of carbonyl (C=O) groups is 1. The van der Waals surface area contributed by atoms with Crippen molar-refractivity contribution in [2.75, 3.05) is 13.2 Å². The summed E-state index contributed by atoms with van der Waals surface area (Å²) in [7, 11) is 0. The summed E-state index contributed by atoms with van der Waals surface area (Å²) in [5.41, 5.74) is 2.94. The third-order valence-corrected chi connectivity index (χ3v) is 5.70. The molecule has 3 aromatic carbocycles. The van der Waals surface area contributed by atoms with E-state index in [2.05, 4.69) is 0 Å². The number of nitrogens with zero attached hydrogens (tertiary/aromatic N) is 1. The van der Waals surface area contributed by atoms with Crippen molar-refractivity contribution in [1.82, 2.24) is 4.90 Å². The Morgan fingerprint density at radius 3 is 1.88 bits per heavy atom. The van der Waals surface area contributed by atoms with E-state index in [0.29, 0.717) is 13.2 Å². The van der Waals surface area contributed by atoms with E-state index in [1.54, 1.807) is 0 Å². The molecular formula is C27H29NO5. The Hall–Kier alpha value is -3.19. The van der Waals surface area contributed by atoms with Crippen molar-refractivity contribution in [2.45, 2.75) is 38.1 Å². The Balaban J connectivity index is 1.38. The molecule has 6 heteroatoms. The van der Waals surface area contributed by atoms with Crippen molar-refractivity contribution < 1.29 is 24.1 Å². The van der Waals surface area contributed by atoms with E-state index < -0.39 is 24.3 Å². The lowest BCUT2D eigenvalue weighted by atomic mass is 10.1. The summed E-state index contributed by atoms with van der Waals surface area (Å²) < 4.78 is 17.4. The molecule has 33 heavy (non-hydrogen) atoms. The third kappa shape index (κ3) is 6.42. The van der Waals surface area contributed by atoms with Crippen molar-refractivity contribution in [3.05, 3.63) is 108 Å². The number of hydrogen-bond acceptors (Lipinski definition) is 5. The van der Waals surface area contributed by atoms with Crippen LogP contribution < -0.4 is 0 Å². The predicted octanol–water partition coefficient (Wildman–Crippen LogP) is 4.17. The van der Waals surface area contributed by atoms with Gasteiger partial charge in [-0.15, -0.1) is 0 Å². The molecular weight excluding hydrogens is 418 g/mol. The highest BCUT2D eigenvalue weighted by Crippen LogP contribution is 2.24. The van der Waals surface area contributed by atoms with Crippen LogP contribution in [0, 0.1) is 0 Å². The summed E-state index contributed by atoms with van der Waals surface area (Å²) in [5, 5.41) is 11.0. The number of aliphatic hydroxyl groups is 1. The zero-order chi connectivity index (χ0) is 22.9. The molecule has 1 heterocycles. The van der Waals surface area contributed by atoms with Gasteiger partial charge in [0, 0.05) is 0 Å². The molecule has 1 aliphatic heterocycles. The van der Waals surface area contributed by atoms with Gasteiger partial charge < -0.3 is 19.3 Å². The van der Waals surface area contributed by atoms with Crippen molar-refractivity contribution in [3.8, 4) is 0 Å². The van der Waals surface area contributed by atoms with Gasteiger partial charge in [-0.25, -0.2) is 4.79 Å². The number of aliphatic hydroxyl groups excluding tert-OH is 1. The van der Waals surface area contributed by atoms with Gasteiger partial charge in [0.1, 0.15) is 18.8 Å². The zero-order valence-corrected chi connectivity index (χ0v) is 18.5. The maximum absolute atomic E-state index is 12.9. The number of amides is 1. The van der Waals surface area contributed by atoms with Crippen LogP contribution in [0.5, 0.6) is 0 Å². The molecule has 0 aliphatic carbocycles. The van der Waals surface area contributed by atoms with Gasteiger partial charge in [0.2, 0.25) is 0 Å². The number of ether oxygens (including phenoxy) is 3. The maximum atomic E-state index is 12.9. The standard InChI is InChI=1S/C27H29NO5/c29-26-24(20-31-17-21-10-4-1-5-11-21)28(27(30)33-19-23-14-8-3-9-15-23)16-25(26)32-18-22-12-6-2-7-13-22/h1-15,24-26,29H,16-20H2/t24-,25+,26-/m1/s1. The summed E-state index contributed by atoms with van der Waals surface area (Å²) in [6.45, 7) is 1.33. The van der Waals surface area contributed by atoms with Gasteiger partial charge in [-0.3, -0.25) is 4.90 Å². The second kappa shape index (κ2) is 11.6. The molecule has 3 aromatic rings. The molecule has 4 rings (SSSR count). The highest BCUT2D eigenvalue weighted by Gasteiger charge is 2.44. The fourth-order valence-corrected chi connectivity index (χ4v) is 3.87. The van der Waals surface area contributed by atoms with Crippen LogP contribution in [0.15, 0.2) is 91.0 Å². The van der Waals surface area contributed by atoms with Gasteiger partial charge in [-0.2, -0.15) is 0 Å². The Bertz CT molecular complexity index is 983. The summed E-state index contributed by atoms with van der Waals surface area (Å²) in [5.74, 6) is 0. The van der Waals surface area contributed by atoms with Gasteiger partial charge in [0.15, 0.2) is 0 Å². The summed E-state index contributed by atoms with van der Waals surface area (Å²) in [6, 6.07) is 28.5. The van der Waals surface area contributed by atoms with Crippen LogP contribution in [0.4, 0.5) is 4.79 Å². The minimum Gasteiger partial charge on any atom is -0.445 e. The van der Waals surface area contributed by atoms with Gasteiger partial charge in [0.05, 0.1) is 32.4 Å². The minimum absolute atomic E-state index is 0.166. The maximum Gasteiger partial charge on any atom is 0.410 e. The number of benzene rings is 3. The third-order valence-electron chi connectivity index (χ3n) is 5.70. The highest BCUT2D eigenvalue weighted by atomic mass is 16.6. The smallest absolute Gasteiger partial charge is 0.410 e. The first-order valence-corrected chi connectivity index (χ1v) is 11.1. The lowest BCUT2D eigenvalue weighted by Gasteiger charge is -2.25. The number of hydrogen-bond donors (Lipinski definition) is 1. The van der Waals surface area contributed by atoms with Gasteiger partial charge >= 0.3 is 6.09 Å². The number of carbonyl (C=O) groups excluding carboxylic acids is 1.